The average Bonchev–Trinajstić information content (AvgIpc) is 2.80. The Morgan fingerprint density at radius 2 is 1.81 bits per heavy atom. The summed E-state index contributed by atoms with van der Waals surface area (Å²) in [5.74, 6) is 1.11. The van der Waals surface area contributed by atoms with Crippen molar-refractivity contribution in [1.82, 2.24) is 14.7 Å². The predicted molar refractivity (Wildman–Crippen MR) is 119 cm³/mol. The highest BCUT2D eigenvalue weighted by Gasteiger charge is 2.15. The molecule has 32 heavy (non-hydrogen) atoms. The number of sulfonamides is 1. The summed E-state index contributed by atoms with van der Waals surface area (Å²) in [6.07, 6.45) is 2.99. The van der Waals surface area contributed by atoms with Gasteiger partial charge < -0.3 is 14.8 Å². The fourth-order valence-corrected chi connectivity index (χ4v) is 3.76. The molecule has 1 heterocycles. The minimum Gasteiger partial charge on any atom is -0.497 e. The molecule has 0 aliphatic carbocycles. The van der Waals surface area contributed by atoms with E-state index in [2.05, 4.69) is 25.3 Å². The number of hydrogen-bond donors (Lipinski definition) is 3. The van der Waals surface area contributed by atoms with Crippen LogP contribution >= 0.6 is 0 Å². The number of nitrogens with one attached hydrogen (secondary N) is 3. The Bertz CT molecular complexity index is 1200. The lowest BCUT2D eigenvalue weighted by atomic mass is 10.2. The summed E-state index contributed by atoms with van der Waals surface area (Å²) in [6, 6.07) is 10.6. The van der Waals surface area contributed by atoms with Gasteiger partial charge in [-0.15, -0.1) is 0 Å². The highest BCUT2D eigenvalue weighted by atomic mass is 32.2. The molecular formula is C21H23N5O5S. The molecule has 0 aliphatic heterocycles. The van der Waals surface area contributed by atoms with E-state index in [9.17, 15) is 13.2 Å². The molecule has 0 fully saturated rings. The summed E-state index contributed by atoms with van der Waals surface area (Å²) in [7, 11) is -0.821. The predicted octanol–water partition coefficient (Wildman–Crippen LogP) is 2.92. The van der Waals surface area contributed by atoms with Crippen LogP contribution in [0, 0.1) is 6.92 Å². The van der Waals surface area contributed by atoms with Gasteiger partial charge in [-0.2, -0.15) is 0 Å². The molecule has 0 unspecified atom stereocenters. The minimum atomic E-state index is -3.74. The molecule has 0 saturated heterocycles. The maximum Gasteiger partial charge on any atom is 0.324 e. The summed E-state index contributed by atoms with van der Waals surface area (Å²) in [5.41, 5.74) is 1.78. The second-order valence-electron chi connectivity index (χ2n) is 6.66. The summed E-state index contributed by atoms with van der Waals surface area (Å²) < 4.78 is 38.1. The number of carbonyl (C=O) groups excluding carboxylic acids is 1. The van der Waals surface area contributed by atoms with E-state index >= 15 is 0 Å². The van der Waals surface area contributed by atoms with Crippen molar-refractivity contribution in [3.05, 3.63) is 66.1 Å². The van der Waals surface area contributed by atoms with Crippen molar-refractivity contribution in [3.63, 3.8) is 0 Å². The summed E-state index contributed by atoms with van der Waals surface area (Å²) in [6.45, 7) is 1.82. The van der Waals surface area contributed by atoms with Gasteiger partial charge in [-0.3, -0.25) is 10.3 Å². The van der Waals surface area contributed by atoms with Crippen LogP contribution in [0.2, 0.25) is 0 Å². The van der Waals surface area contributed by atoms with Crippen molar-refractivity contribution >= 4 is 27.6 Å². The molecule has 10 nitrogen and oxygen atoms in total. The first-order valence-electron chi connectivity index (χ1n) is 9.48. The lowest BCUT2D eigenvalue weighted by molar-refractivity contribution is 0.262. The number of amides is 2. The molecule has 2 amide bonds. The maximum atomic E-state index is 12.6. The zero-order valence-electron chi connectivity index (χ0n) is 17.7. The van der Waals surface area contributed by atoms with E-state index in [1.54, 1.807) is 37.3 Å². The summed E-state index contributed by atoms with van der Waals surface area (Å²) in [4.78, 5) is 20.5. The molecule has 0 radical (unpaired) electrons. The number of aryl methyl sites for hydroxylation is 1. The first-order valence-corrected chi connectivity index (χ1v) is 11.0. The van der Waals surface area contributed by atoms with Gasteiger partial charge in [0.25, 0.3) is 0 Å². The van der Waals surface area contributed by atoms with Gasteiger partial charge in [0.05, 0.1) is 42.9 Å². The molecule has 11 heteroatoms. The molecule has 3 rings (SSSR count). The molecule has 0 atom stereocenters. The Balaban J connectivity index is 1.66. The zero-order chi connectivity index (χ0) is 23.1. The summed E-state index contributed by atoms with van der Waals surface area (Å²) in [5, 5.41) is 5.24. The molecule has 3 N–H and O–H groups in total. The van der Waals surface area contributed by atoms with Crippen LogP contribution in [0.5, 0.6) is 11.5 Å². The Hall–Kier alpha value is -3.70. The van der Waals surface area contributed by atoms with Gasteiger partial charge in [-0.1, -0.05) is 12.1 Å². The second-order valence-corrected chi connectivity index (χ2v) is 8.43. The monoisotopic (exact) mass is 457 g/mol. The van der Waals surface area contributed by atoms with E-state index < -0.39 is 16.1 Å². The van der Waals surface area contributed by atoms with E-state index in [0.717, 1.165) is 5.69 Å². The SMILES string of the molecule is COc1cccc(S(=O)(=O)NCc2ccc(NC(=O)Nc3cnc(C)cn3)c(OC)c2)c1. The van der Waals surface area contributed by atoms with Crippen LogP contribution in [0.1, 0.15) is 11.3 Å². The first-order chi connectivity index (χ1) is 15.3. The molecule has 2 aromatic carbocycles. The Labute approximate surface area is 186 Å². The van der Waals surface area contributed by atoms with Crippen molar-refractivity contribution in [2.45, 2.75) is 18.4 Å². The van der Waals surface area contributed by atoms with Crippen LogP contribution in [-0.2, 0) is 16.6 Å². The van der Waals surface area contributed by atoms with E-state index in [1.165, 1.54) is 38.7 Å². The standard InChI is InChI=1S/C21H23N5O5S/c1-14-11-23-20(13-22-14)26-21(27)25-18-8-7-15(9-19(18)31-3)12-24-32(28,29)17-6-4-5-16(10-17)30-2/h4-11,13,24H,12H2,1-3H3,(H2,23,25,26,27). The third-order valence-electron chi connectivity index (χ3n) is 4.35. The van der Waals surface area contributed by atoms with E-state index in [4.69, 9.17) is 9.47 Å². The van der Waals surface area contributed by atoms with Crippen LogP contribution < -0.4 is 24.8 Å². The van der Waals surface area contributed by atoms with Gasteiger partial charge in [0.1, 0.15) is 11.5 Å². The number of rotatable bonds is 8. The lowest BCUT2D eigenvalue weighted by Crippen LogP contribution is -2.23. The second kappa shape index (κ2) is 10.1. The fraction of sp³-hybridized carbons (Fsp3) is 0.190. The quantitative estimate of drug-likeness (QED) is 0.474. The normalized spacial score (nSPS) is 11.0. The first kappa shape index (κ1) is 23.0. The molecular weight excluding hydrogens is 434 g/mol. The number of nitrogens with zero attached hydrogens (tertiary/aromatic N) is 2. The fourth-order valence-electron chi connectivity index (χ4n) is 2.71. The lowest BCUT2D eigenvalue weighted by Gasteiger charge is -2.13. The van der Waals surface area contributed by atoms with Crippen LogP contribution in [-0.4, -0.2) is 38.6 Å². The largest absolute Gasteiger partial charge is 0.497 e. The van der Waals surface area contributed by atoms with Gasteiger partial charge in [-0.25, -0.2) is 22.9 Å². The molecule has 0 bridgehead atoms. The van der Waals surface area contributed by atoms with Crippen LogP contribution in [0.15, 0.2) is 59.8 Å². The van der Waals surface area contributed by atoms with E-state index in [0.29, 0.717) is 28.6 Å². The number of hydrogen-bond acceptors (Lipinski definition) is 7. The molecule has 0 spiro atoms. The number of carbonyl (C=O) groups is 1. The average molecular weight is 458 g/mol. The number of aromatic nitrogens is 2. The maximum absolute atomic E-state index is 12.6. The molecule has 0 aliphatic rings. The number of ether oxygens (including phenoxy) is 2. The third kappa shape index (κ3) is 5.93. The molecule has 1 aromatic heterocycles. The molecule has 0 saturated carbocycles. The number of urea groups is 1. The van der Waals surface area contributed by atoms with Crippen LogP contribution in [0.25, 0.3) is 0 Å². The van der Waals surface area contributed by atoms with Crippen molar-refractivity contribution in [1.29, 1.82) is 0 Å². The number of anilines is 2. The van der Waals surface area contributed by atoms with Crippen molar-refractivity contribution < 1.29 is 22.7 Å². The Kier molecular flexibility index (Phi) is 7.23. The zero-order valence-corrected chi connectivity index (χ0v) is 18.6. The third-order valence-corrected chi connectivity index (χ3v) is 5.75. The Morgan fingerprint density at radius 1 is 1.00 bits per heavy atom. The topological polar surface area (TPSA) is 132 Å². The van der Waals surface area contributed by atoms with Crippen LogP contribution in [0.3, 0.4) is 0 Å². The number of benzene rings is 2. The highest BCUT2D eigenvalue weighted by Crippen LogP contribution is 2.26. The van der Waals surface area contributed by atoms with Gasteiger partial charge in [0.15, 0.2) is 5.82 Å². The number of methoxy groups -OCH3 is 2. The van der Waals surface area contributed by atoms with E-state index in [-0.39, 0.29) is 11.4 Å². The minimum absolute atomic E-state index is 0.0291. The van der Waals surface area contributed by atoms with Crippen LogP contribution in [0.4, 0.5) is 16.3 Å². The van der Waals surface area contributed by atoms with E-state index in [1.807, 2.05) is 0 Å². The van der Waals surface area contributed by atoms with Crippen molar-refractivity contribution in [3.8, 4) is 11.5 Å². The van der Waals surface area contributed by atoms with Gasteiger partial charge in [0.2, 0.25) is 10.0 Å². The highest BCUT2D eigenvalue weighted by molar-refractivity contribution is 7.89. The van der Waals surface area contributed by atoms with Gasteiger partial charge >= 0.3 is 6.03 Å². The van der Waals surface area contributed by atoms with Crippen molar-refractivity contribution in [2.75, 3.05) is 24.9 Å². The van der Waals surface area contributed by atoms with Gasteiger partial charge in [0, 0.05) is 12.6 Å². The molecule has 3 aromatic rings. The molecule has 168 valence electrons. The van der Waals surface area contributed by atoms with Crippen molar-refractivity contribution in [2.24, 2.45) is 0 Å². The smallest absolute Gasteiger partial charge is 0.324 e. The Morgan fingerprint density at radius 3 is 2.50 bits per heavy atom. The summed E-state index contributed by atoms with van der Waals surface area (Å²) >= 11 is 0. The van der Waals surface area contributed by atoms with Gasteiger partial charge in [-0.05, 0) is 36.8 Å².